The summed E-state index contributed by atoms with van der Waals surface area (Å²) < 4.78 is 0.224. The molecule has 0 saturated heterocycles. The molecule has 0 radical (unpaired) electrons. The van der Waals surface area contributed by atoms with Crippen LogP contribution in [0.15, 0.2) is 60.7 Å². The smallest absolute Gasteiger partial charge is 0.0807 e. The van der Waals surface area contributed by atoms with E-state index < -0.39 is 0 Å². The number of alkyl halides is 1. The van der Waals surface area contributed by atoms with Crippen LogP contribution in [0.1, 0.15) is 25.0 Å². The van der Waals surface area contributed by atoms with Gasteiger partial charge in [0.1, 0.15) is 0 Å². The normalized spacial score (nSPS) is 15.5. The monoisotopic (exact) mass is 409 g/mol. The highest BCUT2D eigenvalue weighted by atomic mass is 127. The third-order valence-electron chi connectivity index (χ3n) is 4.00. The average molecular weight is 409 g/mol. The van der Waals surface area contributed by atoms with Crippen molar-refractivity contribution < 1.29 is 5.11 Å². The van der Waals surface area contributed by atoms with Gasteiger partial charge in [0.05, 0.1) is 6.10 Å². The van der Waals surface area contributed by atoms with Crippen LogP contribution < -0.4 is 0 Å². The van der Waals surface area contributed by atoms with Crippen LogP contribution in [-0.4, -0.2) is 26.1 Å². The summed E-state index contributed by atoms with van der Waals surface area (Å²) in [5, 5.41) is 10.5. The number of halogens is 1. The molecule has 2 aromatic carbocycles. The molecule has 2 aromatic rings. The van der Waals surface area contributed by atoms with Crippen LogP contribution in [0.5, 0.6) is 0 Å². The van der Waals surface area contributed by atoms with E-state index in [2.05, 4.69) is 89.9 Å². The molecule has 0 heterocycles. The van der Waals surface area contributed by atoms with E-state index in [0.717, 1.165) is 13.1 Å². The maximum atomic E-state index is 10.5. The lowest BCUT2D eigenvalue weighted by Crippen LogP contribution is -2.43. The van der Waals surface area contributed by atoms with Crippen molar-refractivity contribution in [2.24, 2.45) is 0 Å². The minimum Gasteiger partial charge on any atom is -0.390 e. The van der Waals surface area contributed by atoms with Crippen molar-refractivity contribution in [2.75, 3.05) is 0 Å². The van der Waals surface area contributed by atoms with E-state index in [0.29, 0.717) is 0 Å². The van der Waals surface area contributed by atoms with Gasteiger partial charge in [0.2, 0.25) is 0 Å². The number of aliphatic hydroxyl groups is 1. The van der Waals surface area contributed by atoms with Crippen molar-refractivity contribution in [3.05, 3.63) is 71.8 Å². The third kappa shape index (κ3) is 5.07. The van der Waals surface area contributed by atoms with Gasteiger partial charge in [-0.3, -0.25) is 4.90 Å². The van der Waals surface area contributed by atoms with E-state index in [4.69, 9.17) is 0 Å². The molecule has 0 spiro atoms. The van der Waals surface area contributed by atoms with Crippen LogP contribution in [0.3, 0.4) is 0 Å². The molecule has 0 bridgehead atoms. The second-order valence-corrected chi connectivity index (χ2v) is 7.75. The first kappa shape index (κ1) is 17.4. The zero-order valence-corrected chi connectivity index (χ0v) is 15.3. The molecule has 2 nitrogen and oxygen atoms in total. The van der Waals surface area contributed by atoms with Crippen molar-refractivity contribution in [3.8, 4) is 0 Å². The van der Waals surface area contributed by atoms with Gasteiger partial charge in [-0.15, -0.1) is 0 Å². The summed E-state index contributed by atoms with van der Waals surface area (Å²) in [5.41, 5.74) is 2.55. The first-order valence-electron chi connectivity index (χ1n) is 7.72. The Morgan fingerprint density at radius 3 is 1.64 bits per heavy atom. The quantitative estimate of drug-likeness (QED) is 0.546. The Kier molecular flexibility index (Phi) is 6.86. The molecule has 2 rings (SSSR count). The fraction of sp³-hybridized carbons (Fsp3) is 0.368. The highest BCUT2D eigenvalue weighted by molar-refractivity contribution is 14.1. The van der Waals surface area contributed by atoms with Crippen molar-refractivity contribution in [1.82, 2.24) is 4.90 Å². The van der Waals surface area contributed by atoms with Crippen LogP contribution in [0.25, 0.3) is 0 Å². The van der Waals surface area contributed by atoms with Gasteiger partial charge in [-0.1, -0.05) is 90.2 Å². The Hall–Kier alpha value is -0.910. The minimum atomic E-state index is -0.340. The summed E-state index contributed by atoms with van der Waals surface area (Å²) >= 11 is 2.30. The number of rotatable bonds is 7. The highest BCUT2D eigenvalue weighted by Crippen LogP contribution is 2.19. The fourth-order valence-corrected chi connectivity index (χ4v) is 3.18. The molecular weight excluding hydrogens is 385 g/mol. The largest absolute Gasteiger partial charge is 0.390 e. The first-order chi connectivity index (χ1) is 10.6. The SMILES string of the molecule is C[C@H](I)[C@@H](O)[C@H](C)N(Cc1ccccc1)Cc1ccccc1. The van der Waals surface area contributed by atoms with Gasteiger partial charge in [0.15, 0.2) is 0 Å². The predicted molar refractivity (Wildman–Crippen MR) is 101 cm³/mol. The molecule has 22 heavy (non-hydrogen) atoms. The second-order valence-electron chi connectivity index (χ2n) is 5.78. The second kappa shape index (κ2) is 8.65. The van der Waals surface area contributed by atoms with Crippen molar-refractivity contribution in [2.45, 2.75) is 43.0 Å². The van der Waals surface area contributed by atoms with Gasteiger partial charge in [-0.05, 0) is 18.1 Å². The number of hydrogen-bond acceptors (Lipinski definition) is 2. The molecule has 0 unspecified atom stereocenters. The zero-order valence-electron chi connectivity index (χ0n) is 13.2. The van der Waals surface area contributed by atoms with E-state index in [1.54, 1.807) is 0 Å². The lowest BCUT2D eigenvalue weighted by molar-refractivity contribution is 0.0529. The van der Waals surface area contributed by atoms with Crippen LogP contribution in [-0.2, 0) is 13.1 Å². The van der Waals surface area contributed by atoms with Gasteiger partial charge in [-0.25, -0.2) is 0 Å². The lowest BCUT2D eigenvalue weighted by atomic mass is 10.1. The number of nitrogens with zero attached hydrogens (tertiary/aromatic N) is 1. The van der Waals surface area contributed by atoms with Crippen LogP contribution in [0.4, 0.5) is 0 Å². The van der Waals surface area contributed by atoms with E-state index in [1.165, 1.54) is 11.1 Å². The molecule has 0 fully saturated rings. The average Bonchev–Trinajstić information content (AvgIpc) is 2.54. The topological polar surface area (TPSA) is 23.5 Å². The Morgan fingerprint density at radius 1 is 0.864 bits per heavy atom. The molecule has 0 amide bonds. The Bertz CT molecular complexity index is 502. The zero-order chi connectivity index (χ0) is 15.9. The molecule has 0 aliphatic carbocycles. The van der Waals surface area contributed by atoms with Gasteiger partial charge < -0.3 is 5.11 Å². The predicted octanol–water partition coefficient (Wildman–Crippen LogP) is 4.26. The maximum absolute atomic E-state index is 10.5. The van der Waals surface area contributed by atoms with Gasteiger partial charge in [-0.2, -0.15) is 0 Å². The number of aliphatic hydroxyl groups excluding tert-OH is 1. The summed E-state index contributed by atoms with van der Waals surface area (Å²) in [6.45, 7) is 5.87. The summed E-state index contributed by atoms with van der Waals surface area (Å²) in [4.78, 5) is 2.35. The molecule has 1 N–H and O–H groups in total. The molecule has 3 atom stereocenters. The summed E-state index contributed by atoms with van der Waals surface area (Å²) in [7, 11) is 0. The molecule has 0 aromatic heterocycles. The van der Waals surface area contributed by atoms with Gasteiger partial charge >= 0.3 is 0 Å². The van der Waals surface area contributed by atoms with Crippen LogP contribution >= 0.6 is 22.6 Å². The maximum Gasteiger partial charge on any atom is 0.0807 e. The van der Waals surface area contributed by atoms with E-state index in [-0.39, 0.29) is 16.1 Å². The van der Waals surface area contributed by atoms with Gasteiger partial charge in [0, 0.05) is 23.1 Å². The Labute approximate surface area is 147 Å². The molecule has 3 heteroatoms. The number of benzene rings is 2. The summed E-state index contributed by atoms with van der Waals surface area (Å²) in [6, 6.07) is 21.0. The van der Waals surface area contributed by atoms with Crippen molar-refractivity contribution >= 4 is 22.6 Å². The highest BCUT2D eigenvalue weighted by Gasteiger charge is 2.25. The summed E-state index contributed by atoms with van der Waals surface area (Å²) in [5.74, 6) is 0. The Balaban J connectivity index is 2.16. The van der Waals surface area contributed by atoms with E-state index >= 15 is 0 Å². The molecular formula is C19H24INO. The lowest BCUT2D eigenvalue weighted by Gasteiger charge is -2.33. The third-order valence-corrected chi connectivity index (χ3v) is 4.73. The van der Waals surface area contributed by atoms with Crippen molar-refractivity contribution in [1.29, 1.82) is 0 Å². The number of hydrogen-bond donors (Lipinski definition) is 1. The molecule has 118 valence electrons. The molecule has 0 saturated carbocycles. The molecule has 0 aliphatic rings. The first-order valence-corrected chi connectivity index (χ1v) is 8.96. The van der Waals surface area contributed by atoms with Crippen LogP contribution in [0, 0.1) is 0 Å². The molecule has 0 aliphatic heterocycles. The van der Waals surface area contributed by atoms with Crippen molar-refractivity contribution in [3.63, 3.8) is 0 Å². The fourth-order valence-electron chi connectivity index (χ4n) is 2.58. The van der Waals surface area contributed by atoms with E-state index in [1.807, 2.05) is 12.1 Å². The Morgan fingerprint density at radius 2 is 1.27 bits per heavy atom. The van der Waals surface area contributed by atoms with E-state index in [9.17, 15) is 5.11 Å². The standard InChI is InChI=1S/C19H24INO/c1-15(20)19(22)16(2)21(13-17-9-5-3-6-10-17)14-18-11-7-4-8-12-18/h3-12,15-16,19,22H,13-14H2,1-2H3/t15-,16-,19+/m0/s1. The summed E-state index contributed by atoms with van der Waals surface area (Å²) in [6.07, 6.45) is -0.340. The van der Waals surface area contributed by atoms with Gasteiger partial charge in [0.25, 0.3) is 0 Å². The van der Waals surface area contributed by atoms with Crippen LogP contribution in [0.2, 0.25) is 0 Å². The minimum absolute atomic E-state index is 0.104.